The molecule has 6 rings (SSSR count). The molecule has 8 nitrogen and oxygen atoms in total. The van der Waals surface area contributed by atoms with E-state index < -0.39 is 0 Å². The summed E-state index contributed by atoms with van der Waals surface area (Å²) in [5.74, 6) is 2.15. The Morgan fingerprint density at radius 2 is 1.66 bits per heavy atom. The molecule has 1 fully saturated rings. The third-order valence-electron chi connectivity index (χ3n) is 6.98. The molecule has 0 saturated carbocycles. The molecule has 0 unspecified atom stereocenters. The number of H-pyrrole nitrogens is 1. The number of aromatic amines is 1. The smallest absolute Gasteiger partial charge is 0.232 e. The van der Waals surface area contributed by atoms with Gasteiger partial charge in [0.25, 0.3) is 0 Å². The van der Waals surface area contributed by atoms with Gasteiger partial charge in [-0.25, -0.2) is 15.0 Å². The fraction of sp³-hybridized carbons (Fsp3) is 0.200. The van der Waals surface area contributed by atoms with Crippen molar-refractivity contribution < 1.29 is 0 Å². The average molecular weight is 499 g/mol. The van der Waals surface area contributed by atoms with Crippen LogP contribution in [0.3, 0.4) is 0 Å². The number of rotatable bonds is 6. The lowest BCUT2D eigenvalue weighted by Crippen LogP contribution is -2.32. The fourth-order valence-electron chi connectivity index (χ4n) is 4.94. The minimum absolute atomic E-state index is 0.172. The number of nitrogens with zero attached hydrogens (tertiary/aromatic N) is 7. The van der Waals surface area contributed by atoms with E-state index in [-0.39, 0.29) is 5.82 Å². The van der Waals surface area contributed by atoms with E-state index in [1.807, 2.05) is 48.5 Å². The third-order valence-corrected chi connectivity index (χ3v) is 6.98. The van der Waals surface area contributed by atoms with Crippen LogP contribution in [0.1, 0.15) is 36.0 Å². The van der Waals surface area contributed by atoms with E-state index in [2.05, 4.69) is 60.4 Å². The van der Waals surface area contributed by atoms with Crippen LogP contribution < -0.4 is 0 Å². The van der Waals surface area contributed by atoms with Crippen LogP contribution in [0.15, 0.2) is 85.2 Å². The van der Waals surface area contributed by atoms with Gasteiger partial charge in [0, 0.05) is 36.0 Å². The molecule has 5 aromatic rings. The zero-order valence-electron chi connectivity index (χ0n) is 20.8. The minimum Gasteiger partial charge on any atom is -0.299 e. The quantitative estimate of drug-likeness (QED) is 0.341. The van der Waals surface area contributed by atoms with Crippen molar-refractivity contribution in [3.05, 3.63) is 102 Å². The number of pyridine rings is 1. The number of hydrogen-bond donors (Lipinski definition) is 1. The molecule has 0 radical (unpaired) electrons. The monoisotopic (exact) mass is 498 g/mol. The molecule has 186 valence electrons. The first-order chi connectivity index (χ1) is 18.8. The number of nitrogens with one attached hydrogen (secondary N) is 1. The lowest BCUT2D eigenvalue weighted by atomic mass is 9.95. The first-order valence-corrected chi connectivity index (χ1v) is 12.7. The summed E-state index contributed by atoms with van der Waals surface area (Å²) in [6.07, 6.45) is 5.57. The van der Waals surface area contributed by atoms with Crippen molar-refractivity contribution in [2.24, 2.45) is 0 Å². The summed E-state index contributed by atoms with van der Waals surface area (Å²) in [6, 6.07) is 26.3. The molecule has 1 aliphatic rings. The summed E-state index contributed by atoms with van der Waals surface area (Å²) in [5.41, 5.74) is 5.72. The summed E-state index contributed by atoms with van der Waals surface area (Å²) < 4.78 is 0. The molecule has 1 saturated heterocycles. The van der Waals surface area contributed by atoms with Crippen molar-refractivity contribution in [1.29, 1.82) is 5.26 Å². The van der Waals surface area contributed by atoms with Crippen LogP contribution in [0.4, 0.5) is 0 Å². The maximum absolute atomic E-state index is 9.35. The second kappa shape index (κ2) is 10.7. The Kier molecular flexibility index (Phi) is 6.66. The van der Waals surface area contributed by atoms with Gasteiger partial charge in [0.15, 0.2) is 5.82 Å². The Balaban J connectivity index is 1.11. The standard InChI is InChI=1S/C30H26N8/c31-18-27-33-19-25(22-6-2-1-3-7-22)28(34-27)23-11-9-21(10-12-23)20-38-16-13-24(14-17-38)29-35-30(37-36-29)26-8-4-5-15-32-26/h1-12,15,19,24H,13-14,16-17,20H2,(H,35,36,37). The van der Waals surface area contributed by atoms with Crippen LogP contribution in [0.2, 0.25) is 0 Å². The zero-order chi connectivity index (χ0) is 25.7. The molecule has 0 aliphatic carbocycles. The molecule has 0 spiro atoms. The van der Waals surface area contributed by atoms with Crippen LogP contribution in [0.25, 0.3) is 33.9 Å². The Morgan fingerprint density at radius 1 is 0.868 bits per heavy atom. The van der Waals surface area contributed by atoms with E-state index in [9.17, 15) is 5.26 Å². The molecule has 0 bridgehead atoms. The highest BCUT2D eigenvalue weighted by Gasteiger charge is 2.24. The van der Waals surface area contributed by atoms with E-state index in [1.54, 1.807) is 12.4 Å². The van der Waals surface area contributed by atoms with Gasteiger partial charge < -0.3 is 0 Å². The van der Waals surface area contributed by atoms with Crippen LogP contribution >= 0.6 is 0 Å². The summed E-state index contributed by atoms with van der Waals surface area (Å²) in [7, 11) is 0. The first-order valence-electron chi connectivity index (χ1n) is 12.7. The Bertz CT molecular complexity index is 1550. The second-order valence-electron chi connectivity index (χ2n) is 9.44. The van der Waals surface area contributed by atoms with Crippen LogP contribution in [-0.4, -0.2) is 48.1 Å². The number of piperidine rings is 1. The molecule has 3 aromatic heterocycles. The SMILES string of the molecule is N#Cc1ncc(-c2ccccc2)c(-c2ccc(CN3CCC(c4nc(-c5ccccn5)n[nH]4)CC3)cc2)n1. The molecular formula is C30H26N8. The molecule has 1 N–H and O–H groups in total. The fourth-order valence-corrected chi connectivity index (χ4v) is 4.94. The van der Waals surface area contributed by atoms with Gasteiger partial charge in [-0.15, -0.1) is 0 Å². The van der Waals surface area contributed by atoms with Gasteiger partial charge in [0.2, 0.25) is 5.82 Å². The predicted octanol–water partition coefficient (Wildman–Crippen LogP) is 5.24. The van der Waals surface area contributed by atoms with Gasteiger partial charge in [0.05, 0.1) is 5.69 Å². The maximum atomic E-state index is 9.35. The minimum atomic E-state index is 0.172. The number of likely N-dealkylation sites (tertiary alicyclic amines) is 1. The van der Waals surface area contributed by atoms with Crippen LogP contribution in [-0.2, 0) is 6.54 Å². The van der Waals surface area contributed by atoms with Crippen molar-refractivity contribution in [2.45, 2.75) is 25.3 Å². The third kappa shape index (κ3) is 5.05. The van der Waals surface area contributed by atoms with E-state index in [0.29, 0.717) is 11.7 Å². The van der Waals surface area contributed by atoms with E-state index in [4.69, 9.17) is 4.98 Å². The molecular weight excluding hydrogens is 472 g/mol. The largest absolute Gasteiger partial charge is 0.299 e. The molecule has 1 aliphatic heterocycles. The Morgan fingerprint density at radius 3 is 2.39 bits per heavy atom. The molecule has 2 aromatic carbocycles. The van der Waals surface area contributed by atoms with Gasteiger partial charge in [-0.3, -0.25) is 15.0 Å². The maximum Gasteiger partial charge on any atom is 0.232 e. The molecule has 38 heavy (non-hydrogen) atoms. The molecule has 4 heterocycles. The van der Waals surface area contributed by atoms with Gasteiger partial charge in [0.1, 0.15) is 17.6 Å². The molecule has 8 heteroatoms. The van der Waals surface area contributed by atoms with Crippen molar-refractivity contribution in [1.82, 2.24) is 35.0 Å². The van der Waals surface area contributed by atoms with Crippen LogP contribution in [0, 0.1) is 11.3 Å². The lowest BCUT2D eigenvalue weighted by Gasteiger charge is -2.31. The number of nitriles is 1. The lowest BCUT2D eigenvalue weighted by molar-refractivity contribution is 0.202. The number of hydrogen-bond acceptors (Lipinski definition) is 7. The highest BCUT2D eigenvalue weighted by atomic mass is 15.2. The van der Waals surface area contributed by atoms with Crippen molar-refractivity contribution in [3.63, 3.8) is 0 Å². The van der Waals surface area contributed by atoms with Crippen LogP contribution in [0.5, 0.6) is 0 Å². The molecule has 0 amide bonds. The molecule has 0 atom stereocenters. The average Bonchev–Trinajstić information content (AvgIpc) is 3.49. The van der Waals surface area contributed by atoms with E-state index in [1.165, 1.54) is 5.56 Å². The summed E-state index contributed by atoms with van der Waals surface area (Å²) >= 11 is 0. The summed E-state index contributed by atoms with van der Waals surface area (Å²) in [5, 5.41) is 16.9. The van der Waals surface area contributed by atoms with Gasteiger partial charge in [-0.1, -0.05) is 60.7 Å². The van der Waals surface area contributed by atoms with Gasteiger partial charge >= 0.3 is 0 Å². The number of aromatic nitrogens is 6. The second-order valence-corrected chi connectivity index (χ2v) is 9.44. The van der Waals surface area contributed by atoms with Gasteiger partial charge in [-0.2, -0.15) is 10.4 Å². The summed E-state index contributed by atoms with van der Waals surface area (Å²) in [4.78, 5) is 20.3. The number of benzene rings is 2. The summed E-state index contributed by atoms with van der Waals surface area (Å²) in [6.45, 7) is 2.89. The zero-order valence-corrected chi connectivity index (χ0v) is 20.8. The Hall–Kier alpha value is -4.74. The highest BCUT2D eigenvalue weighted by Crippen LogP contribution is 2.31. The highest BCUT2D eigenvalue weighted by molar-refractivity contribution is 5.80. The van der Waals surface area contributed by atoms with E-state index >= 15 is 0 Å². The predicted molar refractivity (Wildman–Crippen MR) is 144 cm³/mol. The van der Waals surface area contributed by atoms with Crippen molar-refractivity contribution in [3.8, 4) is 40.0 Å². The van der Waals surface area contributed by atoms with Crippen molar-refractivity contribution in [2.75, 3.05) is 13.1 Å². The van der Waals surface area contributed by atoms with Crippen molar-refractivity contribution >= 4 is 0 Å². The normalized spacial score (nSPS) is 14.3. The Labute approximate surface area is 221 Å². The topological polar surface area (TPSA) is 107 Å². The van der Waals surface area contributed by atoms with E-state index in [0.717, 1.165) is 66.4 Å². The van der Waals surface area contributed by atoms with Gasteiger partial charge in [-0.05, 0) is 49.2 Å². The first kappa shape index (κ1) is 23.6.